The van der Waals surface area contributed by atoms with Crippen LogP contribution in [0.3, 0.4) is 0 Å². The molecular weight excluding hydrogens is 270 g/mol. The van der Waals surface area contributed by atoms with Crippen molar-refractivity contribution in [1.82, 2.24) is 4.90 Å². The predicted octanol–water partition coefficient (Wildman–Crippen LogP) is 3.38. The number of methoxy groups -OCH3 is 1. The fourth-order valence-corrected chi connectivity index (χ4v) is 2.99. The molecule has 1 aromatic rings. The average Bonchev–Trinajstić information content (AvgIpc) is 2.79. The van der Waals surface area contributed by atoms with E-state index in [2.05, 4.69) is 0 Å². The zero-order valence-corrected chi connectivity index (χ0v) is 12.1. The molecule has 100 valence electrons. The normalized spacial score (nSPS) is 15.2. The molecular formula is C13H18ClNO2S. The highest BCUT2D eigenvalue weighted by molar-refractivity contribution is 7.12. The molecule has 1 amide bonds. The summed E-state index contributed by atoms with van der Waals surface area (Å²) in [5, 5.41) is 1.87. The van der Waals surface area contributed by atoms with E-state index in [9.17, 15) is 4.79 Å². The lowest BCUT2D eigenvalue weighted by atomic mass is 9.91. The number of halogens is 1. The Bertz CT molecular complexity index is 403. The Morgan fingerprint density at radius 1 is 1.61 bits per heavy atom. The number of carbonyl (C=O) groups excluding carboxylic acids is 1. The molecule has 0 aromatic carbocycles. The number of rotatable bonds is 6. The minimum Gasteiger partial charge on any atom is -0.496 e. The molecule has 0 unspecified atom stereocenters. The van der Waals surface area contributed by atoms with Crippen LogP contribution >= 0.6 is 22.9 Å². The van der Waals surface area contributed by atoms with E-state index in [4.69, 9.17) is 16.3 Å². The topological polar surface area (TPSA) is 29.5 Å². The summed E-state index contributed by atoms with van der Waals surface area (Å²) < 4.78 is 5.13. The third kappa shape index (κ3) is 2.98. The Morgan fingerprint density at radius 2 is 2.39 bits per heavy atom. The van der Waals surface area contributed by atoms with Gasteiger partial charge in [-0.3, -0.25) is 4.79 Å². The highest BCUT2D eigenvalue weighted by Gasteiger charge is 2.29. The van der Waals surface area contributed by atoms with Crippen molar-refractivity contribution in [2.75, 3.05) is 19.5 Å². The molecule has 1 heterocycles. The maximum Gasteiger partial charge on any atom is 0.264 e. The van der Waals surface area contributed by atoms with Gasteiger partial charge in [0.2, 0.25) is 0 Å². The smallest absolute Gasteiger partial charge is 0.264 e. The van der Waals surface area contributed by atoms with Crippen LogP contribution in [-0.2, 0) is 0 Å². The molecule has 2 rings (SSSR count). The molecule has 0 spiro atoms. The molecule has 5 heteroatoms. The third-order valence-corrected chi connectivity index (χ3v) is 4.49. The van der Waals surface area contributed by atoms with Crippen LogP contribution < -0.4 is 4.74 Å². The van der Waals surface area contributed by atoms with Gasteiger partial charge in [0, 0.05) is 29.9 Å². The maximum absolute atomic E-state index is 12.5. The SMILES string of the molecule is COc1csc(C(=O)N(CCCCl)C2CCC2)c1. The van der Waals surface area contributed by atoms with E-state index in [1.54, 1.807) is 7.11 Å². The number of hydrogen-bond acceptors (Lipinski definition) is 3. The first-order valence-corrected chi connectivity index (χ1v) is 7.67. The Labute approximate surface area is 117 Å². The van der Waals surface area contributed by atoms with Gasteiger partial charge in [-0.25, -0.2) is 0 Å². The Balaban J connectivity index is 2.06. The van der Waals surface area contributed by atoms with Gasteiger partial charge in [0.05, 0.1) is 12.0 Å². The van der Waals surface area contributed by atoms with Crippen LogP contribution in [0, 0.1) is 0 Å². The van der Waals surface area contributed by atoms with Crippen LogP contribution in [-0.4, -0.2) is 36.4 Å². The summed E-state index contributed by atoms with van der Waals surface area (Å²) >= 11 is 7.18. The summed E-state index contributed by atoms with van der Waals surface area (Å²) in [5.74, 6) is 1.48. The van der Waals surface area contributed by atoms with Crippen LogP contribution in [0.5, 0.6) is 5.75 Å². The van der Waals surface area contributed by atoms with Crippen molar-refractivity contribution in [2.45, 2.75) is 31.7 Å². The summed E-state index contributed by atoms with van der Waals surface area (Å²) in [6.45, 7) is 0.757. The van der Waals surface area contributed by atoms with Crippen molar-refractivity contribution in [3.8, 4) is 5.75 Å². The van der Waals surface area contributed by atoms with Gasteiger partial charge >= 0.3 is 0 Å². The Hall–Kier alpha value is -0.740. The van der Waals surface area contributed by atoms with E-state index in [1.807, 2.05) is 16.3 Å². The van der Waals surface area contributed by atoms with Crippen molar-refractivity contribution in [2.24, 2.45) is 0 Å². The number of alkyl halides is 1. The second-order valence-corrected chi connectivity index (χ2v) is 5.77. The first-order valence-electron chi connectivity index (χ1n) is 6.25. The molecule has 1 saturated carbocycles. The van der Waals surface area contributed by atoms with E-state index < -0.39 is 0 Å². The predicted molar refractivity (Wildman–Crippen MR) is 74.9 cm³/mol. The summed E-state index contributed by atoms with van der Waals surface area (Å²) in [7, 11) is 1.62. The van der Waals surface area contributed by atoms with Crippen LogP contribution in [0.1, 0.15) is 35.4 Å². The maximum atomic E-state index is 12.5. The molecule has 0 radical (unpaired) electrons. The van der Waals surface area contributed by atoms with Gasteiger partial charge in [-0.05, 0) is 25.7 Å². The van der Waals surface area contributed by atoms with E-state index >= 15 is 0 Å². The van der Waals surface area contributed by atoms with Crippen LogP contribution in [0.15, 0.2) is 11.4 Å². The second kappa shape index (κ2) is 6.43. The van der Waals surface area contributed by atoms with Crippen LogP contribution in [0.2, 0.25) is 0 Å². The van der Waals surface area contributed by atoms with E-state index in [1.165, 1.54) is 17.8 Å². The lowest BCUT2D eigenvalue weighted by molar-refractivity contribution is 0.0585. The van der Waals surface area contributed by atoms with E-state index in [0.717, 1.165) is 36.4 Å². The fourth-order valence-electron chi connectivity index (χ4n) is 2.06. The summed E-state index contributed by atoms with van der Waals surface area (Å²) in [5.41, 5.74) is 0. The molecule has 0 N–H and O–H groups in total. The Kier molecular flexibility index (Phi) is 4.89. The molecule has 3 nitrogen and oxygen atoms in total. The molecule has 1 aromatic heterocycles. The van der Waals surface area contributed by atoms with Gasteiger partial charge in [-0.2, -0.15) is 0 Å². The van der Waals surface area contributed by atoms with Crippen molar-refractivity contribution in [3.05, 3.63) is 16.3 Å². The quantitative estimate of drug-likeness (QED) is 0.751. The van der Waals surface area contributed by atoms with Gasteiger partial charge < -0.3 is 9.64 Å². The minimum atomic E-state index is 0.123. The summed E-state index contributed by atoms with van der Waals surface area (Å²) in [6.07, 6.45) is 4.32. The molecule has 0 atom stereocenters. The number of thiophene rings is 1. The highest BCUT2D eigenvalue weighted by Crippen LogP contribution is 2.29. The number of nitrogens with zero attached hydrogens (tertiary/aromatic N) is 1. The number of hydrogen-bond donors (Lipinski definition) is 0. The Morgan fingerprint density at radius 3 is 2.89 bits per heavy atom. The van der Waals surface area contributed by atoms with Crippen molar-refractivity contribution in [3.63, 3.8) is 0 Å². The van der Waals surface area contributed by atoms with Gasteiger partial charge in [0.1, 0.15) is 5.75 Å². The standard InChI is InChI=1S/C13H18ClNO2S/c1-17-11-8-12(18-9-11)13(16)15(7-3-6-14)10-4-2-5-10/h8-10H,2-7H2,1H3. The van der Waals surface area contributed by atoms with Crippen molar-refractivity contribution in [1.29, 1.82) is 0 Å². The van der Waals surface area contributed by atoms with Gasteiger partial charge in [-0.15, -0.1) is 22.9 Å². The van der Waals surface area contributed by atoms with Gasteiger partial charge in [0.15, 0.2) is 0 Å². The number of carbonyl (C=O) groups is 1. The second-order valence-electron chi connectivity index (χ2n) is 4.48. The molecule has 1 fully saturated rings. The minimum absolute atomic E-state index is 0.123. The molecule has 0 aliphatic heterocycles. The summed E-state index contributed by atoms with van der Waals surface area (Å²) in [4.78, 5) is 15.2. The van der Waals surface area contributed by atoms with E-state index in [-0.39, 0.29) is 5.91 Å². The van der Waals surface area contributed by atoms with Crippen LogP contribution in [0.4, 0.5) is 0 Å². The monoisotopic (exact) mass is 287 g/mol. The largest absolute Gasteiger partial charge is 0.496 e. The first-order chi connectivity index (χ1) is 8.76. The number of amides is 1. The third-order valence-electron chi connectivity index (χ3n) is 3.33. The van der Waals surface area contributed by atoms with Crippen molar-refractivity contribution >= 4 is 28.8 Å². The van der Waals surface area contributed by atoms with Gasteiger partial charge in [-0.1, -0.05) is 0 Å². The molecule has 18 heavy (non-hydrogen) atoms. The molecule has 0 bridgehead atoms. The lowest BCUT2D eigenvalue weighted by Gasteiger charge is -2.37. The first kappa shape index (κ1) is 13.7. The van der Waals surface area contributed by atoms with Crippen molar-refractivity contribution < 1.29 is 9.53 Å². The van der Waals surface area contributed by atoms with Crippen LogP contribution in [0.25, 0.3) is 0 Å². The molecule has 0 saturated heterocycles. The lowest BCUT2D eigenvalue weighted by Crippen LogP contribution is -2.44. The highest BCUT2D eigenvalue weighted by atomic mass is 35.5. The molecule has 1 aliphatic rings. The number of ether oxygens (including phenoxy) is 1. The van der Waals surface area contributed by atoms with E-state index in [0.29, 0.717) is 11.9 Å². The van der Waals surface area contributed by atoms with Gasteiger partial charge in [0.25, 0.3) is 5.91 Å². The molecule has 1 aliphatic carbocycles. The zero-order chi connectivity index (χ0) is 13.0. The summed E-state index contributed by atoms with van der Waals surface area (Å²) in [6, 6.07) is 2.23. The fraction of sp³-hybridized carbons (Fsp3) is 0.615. The average molecular weight is 288 g/mol. The zero-order valence-electron chi connectivity index (χ0n) is 10.5.